The molecule has 1 aliphatic heterocycles. The fourth-order valence-corrected chi connectivity index (χ4v) is 4.08. The first-order chi connectivity index (χ1) is 14.5. The van der Waals surface area contributed by atoms with Gasteiger partial charge >= 0.3 is 0 Å². The van der Waals surface area contributed by atoms with E-state index >= 15 is 0 Å². The van der Waals surface area contributed by atoms with Gasteiger partial charge in [-0.05, 0) is 48.9 Å². The molecule has 1 aliphatic rings. The van der Waals surface area contributed by atoms with Crippen molar-refractivity contribution < 1.29 is 9.90 Å². The number of aryl methyl sites for hydroxylation is 1. The molecule has 0 radical (unpaired) electrons. The first-order valence-corrected chi connectivity index (χ1v) is 9.94. The number of nitrogens with one attached hydrogen (secondary N) is 1. The summed E-state index contributed by atoms with van der Waals surface area (Å²) < 4.78 is 0. The minimum absolute atomic E-state index is 0.147. The summed E-state index contributed by atoms with van der Waals surface area (Å²) >= 11 is 6.05. The topological polar surface area (TPSA) is 69.2 Å². The number of nitrogens with zero attached hydrogens (tertiary/aromatic N) is 2. The van der Waals surface area contributed by atoms with Gasteiger partial charge in [0, 0.05) is 21.8 Å². The molecule has 1 amide bonds. The molecule has 0 fully saturated rings. The number of benzene rings is 3. The van der Waals surface area contributed by atoms with Crippen LogP contribution in [0, 0.1) is 6.92 Å². The monoisotopic (exact) mass is 415 g/mol. The van der Waals surface area contributed by atoms with Crippen LogP contribution in [0.25, 0.3) is 11.3 Å². The second kappa shape index (κ2) is 7.04. The molecular formula is C24H18ClN3O2. The van der Waals surface area contributed by atoms with Gasteiger partial charge in [-0.3, -0.25) is 14.8 Å². The third-order valence-corrected chi connectivity index (χ3v) is 5.64. The number of rotatable bonds is 3. The normalized spacial score (nSPS) is 15.5. The van der Waals surface area contributed by atoms with Gasteiger partial charge in [-0.1, -0.05) is 53.6 Å². The molecule has 0 aliphatic carbocycles. The zero-order chi connectivity index (χ0) is 20.8. The van der Waals surface area contributed by atoms with Gasteiger partial charge in [0.25, 0.3) is 5.91 Å². The van der Waals surface area contributed by atoms with E-state index in [2.05, 4.69) is 10.2 Å². The first-order valence-electron chi connectivity index (χ1n) is 9.56. The number of aromatic amines is 1. The molecule has 5 nitrogen and oxygen atoms in total. The summed E-state index contributed by atoms with van der Waals surface area (Å²) in [5.74, 6) is -0.0105. The summed E-state index contributed by atoms with van der Waals surface area (Å²) in [5, 5.41) is 18.1. The first kappa shape index (κ1) is 18.5. The Morgan fingerprint density at radius 1 is 1.03 bits per heavy atom. The fourth-order valence-electron chi connectivity index (χ4n) is 3.96. The Balaban J connectivity index is 1.72. The Kier molecular flexibility index (Phi) is 4.33. The van der Waals surface area contributed by atoms with Crippen LogP contribution in [0.2, 0.25) is 5.02 Å². The standard InChI is InChI=1S/C24H18ClN3O2/c1-14-5-11-18(12-6-14)28-23(16-3-2-4-19(29)13-16)20-21(26-27-22(20)24(28)30)15-7-9-17(25)10-8-15/h2-13,23,29H,1H3,(H,26,27)/t23-/m1/s1. The number of phenolic OH excluding ortho intramolecular Hbond substituents is 1. The van der Waals surface area contributed by atoms with Crippen LogP contribution >= 0.6 is 11.6 Å². The lowest BCUT2D eigenvalue weighted by molar-refractivity contribution is 0.0988. The summed E-state index contributed by atoms with van der Waals surface area (Å²) in [4.78, 5) is 15.2. The lowest BCUT2D eigenvalue weighted by Crippen LogP contribution is -2.29. The zero-order valence-corrected chi connectivity index (χ0v) is 16.9. The molecule has 0 saturated carbocycles. The highest BCUT2D eigenvalue weighted by Gasteiger charge is 2.43. The van der Waals surface area contributed by atoms with Crippen LogP contribution in [0.4, 0.5) is 5.69 Å². The summed E-state index contributed by atoms with van der Waals surface area (Å²) in [6.45, 7) is 2.01. The van der Waals surface area contributed by atoms with Gasteiger partial charge in [0.2, 0.25) is 0 Å². The second-order valence-corrected chi connectivity index (χ2v) is 7.81. The largest absolute Gasteiger partial charge is 0.508 e. The molecule has 2 N–H and O–H groups in total. The van der Waals surface area contributed by atoms with Gasteiger partial charge in [-0.2, -0.15) is 5.10 Å². The molecule has 4 aromatic rings. The lowest BCUT2D eigenvalue weighted by Gasteiger charge is -2.26. The number of halogens is 1. The predicted octanol–water partition coefficient (Wildman–Crippen LogP) is 5.49. The van der Waals surface area contributed by atoms with Crippen molar-refractivity contribution in [1.82, 2.24) is 10.2 Å². The number of hydrogen-bond acceptors (Lipinski definition) is 3. The quantitative estimate of drug-likeness (QED) is 0.464. The number of fused-ring (bicyclic) bond motifs is 1. The Morgan fingerprint density at radius 2 is 1.77 bits per heavy atom. The van der Waals surface area contributed by atoms with E-state index in [0.29, 0.717) is 16.4 Å². The lowest BCUT2D eigenvalue weighted by atomic mass is 9.95. The van der Waals surface area contributed by atoms with E-state index in [4.69, 9.17) is 11.6 Å². The molecular weight excluding hydrogens is 398 g/mol. The van der Waals surface area contributed by atoms with Crippen LogP contribution in [-0.4, -0.2) is 21.2 Å². The van der Waals surface area contributed by atoms with E-state index < -0.39 is 6.04 Å². The third kappa shape index (κ3) is 2.95. The smallest absolute Gasteiger partial charge is 0.277 e. The average Bonchev–Trinajstić information content (AvgIpc) is 3.28. The van der Waals surface area contributed by atoms with Crippen molar-refractivity contribution in [2.75, 3.05) is 4.90 Å². The van der Waals surface area contributed by atoms with E-state index in [1.807, 2.05) is 49.4 Å². The highest BCUT2D eigenvalue weighted by molar-refractivity contribution is 6.30. The number of H-pyrrole nitrogens is 1. The maximum Gasteiger partial charge on any atom is 0.277 e. The zero-order valence-electron chi connectivity index (χ0n) is 16.1. The van der Waals surface area contributed by atoms with E-state index in [1.165, 1.54) is 0 Å². The Labute approximate surface area is 178 Å². The molecule has 1 atom stereocenters. The molecule has 3 aromatic carbocycles. The van der Waals surface area contributed by atoms with Crippen molar-refractivity contribution in [2.24, 2.45) is 0 Å². The van der Waals surface area contributed by atoms with Crippen molar-refractivity contribution in [2.45, 2.75) is 13.0 Å². The Bertz CT molecular complexity index is 1250. The molecule has 0 spiro atoms. The van der Waals surface area contributed by atoms with Crippen LogP contribution in [0.1, 0.15) is 33.2 Å². The second-order valence-electron chi connectivity index (χ2n) is 7.38. The van der Waals surface area contributed by atoms with Gasteiger partial charge in [-0.15, -0.1) is 0 Å². The van der Waals surface area contributed by atoms with Crippen LogP contribution in [0.5, 0.6) is 5.75 Å². The van der Waals surface area contributed by atoms with Gasteiger partial charge in [0.1, 0.15) is 11.4 Å². The summed E-state index contributed by atoms with van der Waals surface area (Å²) in [7, 11) is 0. The molecule has 2 heterocycles. The predicted molar refractivity (Wildman–Crippen MR) is 117 cm³/mol. The van der Waals surface area contributed by atoms with Crippen molar-refractivity contribution in [3.05, 3.63) is 100 Å². The van der Waals surface area contributed by atoms with Gasteiger partial charge in [-0.25, -0.2) is 0 Å². The molecule has 148 valence electrons. The Morgan fingerprint density at radius 3 is 2.47 bits per heavy atom. The number of aromatic hydroxyl groups is 1. The highest BCUT2D eigenvalue weighted by Crippen LogP contribution is 2.45. The van der Waals surface area contributed by atoms with E-state index in [0.717, 1.165) is 27.9 Å². The average molecular weight is 416 g/mol. The number of amides is 1. The maximum absolute atomic E-state index is 13.4. The number of anilines is 1. The number of carbonyl (C=O) groups is 1. The van der Waals surface area contributed by atoms with Crippen molar-refractivity contribution in [3.63, 3.8) is 0 Å². The molecule has 0 bridgehead atoms. The van der Waals surface area contributed by atoms with Crippen molar-refractivity contribution >= 4 is 23.2 Å². The van der Waals surface area contributed by atoms with Gasteiger partial charge in [0.05, 0.1) is 11.7 Å². The molecule has 0 saturated heterocycles. The Hall–Kier alpha value is -3.57. The van der Waals surface area contributed by atoms with Gasteiger partial charge < -0.3 is 5.11 Å². The van der Waals surface area contributed by atoms with Crippen LogP contribution < -0.4 is 4.90 Å². The number of aromatic nitrogens is 2. The van der Waals surface area contributed by atoms with Crippen molar-refractivity contribution in [3.8, 4) is 17.0 Å². The molecule has 5 rings (SSSR count). The van der Waals surface area contributed by atoms with E-state index in [1.54, 1.807) is 35.2 Å². The van der Waals surface area contributed by atoms with Crippen molar-refractivity contribution in [1.29, 1.82) is 0 Å². The SMILES string of the molecule is Cc1ccc(N2C(=O)c3[nH]nc(-c4ccc(Cl)cc4)c3[C@H]2c2cccc(O)c2)cc1. The molecule has 30 heavy (non-hydrogen) atoms. The minimum Gasteiger partial charge on any atom is -0.508 e. The number of carbonyl (C=O) groups excluding carboxylic acids is 1. The summed E-state index contributed by atoms with van der Waals surface area (Å²) in [6, 6.07) is 21.8. The van der Waals surface area contributed by atoms with E-state index in [-0.39, 0.29) is 11.7 Å². The maximum atomic E-state index is 13.4. The fraction of sp³-hybridized carbons (Fsp3) is 0.0833. The third-order valence-electron chi connectivity index (χ3n) is 5.38. The summed E-state index contributed by atoms with van der Waals surface area (Å²) in [6.07, 6.45) is 0. The molecule has 6 heteroatoms. The summed E-state index contributed by atoms with van der Waals surface area (Å²) in [5.41, 5.74) is 5.49. The molecule has 0 unspecified atom stereocenters. The minimum atomic E-state index is -0.424. The number of phenols is 1. The highest BCUT2D eigenvalue weighted by atomic mass is 35.5. The van der Waals surface area contributed by atoms with Crippen LogP contribution in [-0.2, 0) is 0 Å². The van der Waals surface area contributed by atoms with Gasteiger partial charge in [0.15, 0.2) is 0 Å². The van der Waals surface area contributed by atoms with Crippen LogP contribution in [0.3, 0.4) is 0 Å². The van der Waals surface area contributed by atoms with E-state index in [9.17, 15) is 9.90 Å². The molecule has 1 aromatic heterocycles. The number of hydrogen-bond donors (Lipinski definition) is 2. The van der Waals surface area contributed by atoms with Crippen LogP contribution in [0.15, 0.2) is 72.8 Å².